The molecule has 0 radical (unpaired) electrons. The highest BCUT2D eigenvalue weighted by Gasteiger charge is 2.00. The van der Waals surface area contributed by atoms with Gasteiger partial charge in [-0.2, -0.15) is 0 Å². The first-order valence-corrected chi connectivity index (χ1v) is 5.72. The first-order valence-electron chi connectivity index (χ1n) is 5.72. The summed E-state index contributed by atoms with van der Waals surface area (Å²) in [5.41, 5.74) is 0. The van der Waals surface area contributed by atoms with Gasteiger partial charge in [-0.25, -0.2) is 0 Å². The Morgan fingerprint density at radius 1 is 1.19 bits per heavy atom. The summed E-state index contributed by atoms with van der Waals surface area (Å²) in [6.07, 6.45) is 2.16. The Kier molecular flexibility index (Phi) is 10.8. The Morgan fingerprint density at radius 3 is 2.50 bits per heavy atom. The van der Waals surface area contributed by atoms with E-state index in [2.05, 4.69) is 6.58 Å². The summed E-state index contributed by atoms with van der Waals surface area (Å²) in [5.74, 6) is 0. The fourth-order valence-electron chi connectivity index (χ4n) is 1.00. The van der Waals surface area contributed by atoms with E-state index >= 15 is 0 Å². The van der Waals surface area contributed by atoms with E-state index in [1.807, 2.05) is 6.92 Å². The fourth-order valence-corrected chi connectivity index (χ4v) is 1.00. The van der Waals surface area contributed by atoms with Crippen molar-refractivity contribution in [1.82, 2.24) is 0 Å². The molecule has 0 aliphatic rings. The number of rotatable bonds is 11. The monoisotopic (exact) mass is 232 g/mol. The summed E-state index contributed by atoms with van der Waals surface area (Å²) in [7, 11) is 0. The van der Waals surface area contributed by atoms with Crippen LogP contribution in [0, 0.1) is 0 Å². The normalized spacial score (nSPS) is 14.7. The summed E-state index contributed by atoms with van der Waals surface area (Å²) in [6.45, 7) is 10.1. The topological polar surface area (TPSA) is 47.9 Å². The minimum absolute atomic E-state index is 0.0791. The van der Waals surface area contributed by atoms with Gasteiger partial charge in [-0.3, -0.25) is 0 Å². The third-order valence-electron chi connectivity index (χ3n) is 1.90. The van der Waals surface area contributed by atoms with E-state index in [9.17, 15) is 0 Å². The SMILES string of the molecule is C=CCOC(C)COCCOCCC(C)O. The van der Waals surface area contributed by atoms with Crippen molar-refractivity contribution in [1.29, 1.82) is 0 Å². The maximum atomic E-state index is 8.97. The van der Waals surface area contributed by atoms with Crippen LogP contribution >= 0.6 is 0 Å². The summed E-state index contributed by atoms with van der Waals surface area (Å²) in [5, 5.41) is 8.97. The Morgan fingerprint density at radius 2 is 1.88 bits per heavy atom. The van der Waals surface area contributed by atoms with E-state index in [0.29, 0.717) is 39.5 Å². The molecule has 0 aromatic rings. The van der Waals surface area contributed by atoms with Gasteiger partial charge in [0.2, 0.25) is 0 Å². The first kappa shape index (κ1) is 15.6. The highest BCUT2D eigenvalue weighted by atomic mass is 16.5. The molecule has 0 saturated carbocycles. The highest BCUT2D eigenvalue weighted by Crippen LogP contribution is 1.93. The minimum Gasteiger partial charge on any atom is -0.393 e. The molecule has 4 nitrogen and oxygen atoms in total. The lowest BCUT2D eigenvalue weighted by molar-refractivity contribution is -0.0181. The number of aliphatic hydroxyl groups excluding tert-OH is 1. The van der Waals surface area contributed by atoms with E-state index < -0.39 is 0 Å². The van der Waals surface area contributed by atoms with Crippen LogP contribution in [0.3, 0.4) is 0 Å². The molecule has 0 saturated heterocycles. The molecule has 0 aromatic heterocycles. The molecular formula is C12H24O4. The zero-order valence-corrected chi connectivity index (χ0v) is 10.4. The van der Waals surface area contributed by atoms with Gasteiger partial charge in [-0.05, 0) is 20.3 Å². The second-order valence-electron chi connectivity index (χ2n) is 3.76. The Labute approximate surface area is 98.2 Å². The molecule has 2 unspecified atom stereocenters. The second-order valence-corrected chi connectivity index (χ2v) is 3.76. The van der Waals surface area contributed by atoms with E-state index in [1.54, 1.807) is 13.0 Å². The van der Waals surface area contributed by atoms with Gasteiger partial charge in [0.1, 0.15) is 0 Å². The van der Waals surface area contributed by atoms with E-state index in [1.165, 1.54) is 0 Å². The summed E-state index contributed by atoms with van der Waals surface area (Å²) < 4.78 is 16.0. The van der Waals surface area contributed by atoms with Gasteiger partial charge in [0.05, 0.1) is 38.6 Å². The zero-order valence-electron chi connectivity index (χ0n) is 10.4. The van der Waals surface area contributed by atoms with Gasteiger partial charge in [0, 0.05) is 6.61 Å². The molecule has 1 N–H and O–H groups in total. The molecule has 0 aromatic carbocycles. The Bertz CT molecular complexity index is 159. The van der Waals surface area contributed by atoms with Gasteiger partial charge in [0.15, 0.2) is 0 Å². The molecule has 0 heterocycles. The standard InChI is InChI=1S/C12H24O4/c1-4-6-16-12(3)10-15-9-8-14-7-5-11(2)13/h4,11-13H,1,5-10H2,2-3H3. The smallest absolute Gasteiger partial charge is 0.0784 e. The van der Waals surface area contributed by atoms with Crippen molar-refractivity contribution in [2.24, 2.45) is 0 Å². The quantitative estimate of drug-likeness (QED) is 0.432. The third-order valence-corrected chi connectivity index (χ3v) is 1.90. The molecule has 0 aliphatic heterocycles. The lowest BCUT2D eigenvalue weighted by Gasteiger charge is -2.12. The van der Waals surface area contributed by atoms with Gasteiger partial charge in [-0.15, -0.1) is 6.58 Å². The van der Waals surface area contributed by atoms with Gasteiger partial charge in [-0.1, -0.05) is 6.08 Å². The van der Waals surface area contributed by atoms with Crippen LogP contribution < -0.4 is 0 Å². The minimum atomic E-state index is -0.298. The number of hydrogen-bond acceptors (Lipinski definition) is 4. The molecule has 0 fully saturated rings. The predicted octanol–water partition coefficient (Wildman–Crippen LogP) is 1.38. The molecule has 0 spiro atoms. The van der Waals surface area contributed by atoms with Crippen molar-refractivity contribution < 1.29 is 19.3 Å². The van der Waals surface area contributed by atoms with Crippen molar-refractivity contribution in [2.75, 3.05) is 33.0 Å². The highest BCUT2D eigenvalue weighted by molar-refractivity contribution is 4.65. The van der Waals surface area contributed by atoms with Crippen molar-refractivity contribution in [3.8, 4) is 0 Å². The summed E-state index contributed by atoms with van der Waals surface area (Å²) in [6, 6.07) is 0. The van der Waals surface area contributed by atoms with Gasteiger partial charge >= 0.3 is 0 Å². The lowest BCUT2D eigenvalue weighted by atomic mass is 10.3. The second kappa shape index (κ2) is 11.1. The molecule has 0 amide bonds. The molecule has 16 heavy (non-hydrogen) atoms. The Hall–Kier alpha value is -0.420. The van der Waals surface area contributed by atoms with Gasteiger partial charge in [0.25, 0.3) is 0 Å². The number of hydrogen-bond donors (Lipinski definition) is 1. The van der Waals surface area contributed by atoms with E-state index in [4.69, 9.17) is 19.3 Å². The van der Waals surface area contributed by atoms with Crippen molar-refractivity contribution in [3.05, 3.63) is 12.7 Å². The van der Waals surface area contributed by atoms with Gasteiger partial charge < -0.3 is 19.3 Å². The van der Waals surface area contributed by atoms with Crippen LogP contribution in [0.15, 0.2) is 12.7 Å². The fraction of sp³-hybridized carbons (Fsp3) is 0.833. The molecule has 0 bridgehead atoms. The molecule has 0 rings (SSSR count). The molecule has 4 heteroatoms. The van der Waals surface area contributed by atoms with E-state index in [0.717, 1.165) is 0 Å². The Balaban J connectivity index is 3.11. The number of aliphatic hydroxyl groups is 1. The molecule has 0 aliphatic carbocycles. The predicted molar refractivity (Wildman–Crippen MR) is 63.5 cm³/mol. The van der Waals surface area contributed by atoms with Crippen LogP contribution in [-0.4, -0.2) is 50.3 Å². The first-order chi connectivity index (χ1) is 7.66. The molecular weight excluding hydrogens is 208 g/mol. The average Bonchev–Trinajstić information content (AvgIpc) is 2.24. The largest absolute Gasteiger partial charge is 0.393 e. The molecule has 96 valence electrons. The van der Waals surface area contributed by atoms with E-state index in [-0.39, 0.29) is 12.2 Å². The maximum absolute atomic E-state index is 8.97. The third kappa shape index (κ3) is 11.7. The van der Waals surface area contributed by atoms with Crippen LogP contribution in [0.1, 0.15) is 20.3 Å². The summed E-state index contributed by atoms with van der Waals surface area (Å²) in [4.78, 5) is 0. The number of ether oxygens (including phenoxy) is 3. The van der Waals surface area contributed by atoms with Crippen molar-refractivity contribution >= 4 is 0 Å². The lowest BCUT2D eigenvalue weighted by Crippen LogP contribution is -2.18. The van der Waals surface area contributed by atoms with Crippen LogP contribution in [0.4, 0.5) is 0 Å². The molecule has 2 atom stereocenters. The average molecular weight is 232 g/mol. The maximum Gasteiger partial charge on any atom is 0.0784 e. The van der Waals surface area contributed by atoms with Crippen LogP contribution in [0.2, 0.25) is 0 Å². The van der Waals surface area contributed by atoms with Crippen LogP contribution in [-0.2, 0) is 14.2 Å². The van der Waals surface area contributed by atoms with Crippen LogP contribution in [0.25, 0.3) is 0 Å². The summed E-state index contributed by atoms with van der Waals surface area (Å²) >= 11 is 0. The van der Waals surface area contributed by atoms with Crippen LogP contribution in [0.5, 0.6) is 0 Å². The van der Waals surface area contributed by atoms with Crippen molar-refractivity contribution in [3.63, 3.8) is 0 Å². The zero-order chi connectivity index (χ0) is 12.2. The van der Waals surface area contributed by atoms with Crippen molar-refractivity contribution in [2.45, 2.75) is 32.5 Å².